The number of hydrogen-bond acceptors (Lipinski definition) is 8. The second-order valence-electron chi connectivity index (χ2n) is 6.02. The maximum absolute atomic E-state index is 11.3. The lowest BCUT2D eigenvalue weighted by Gasteiger charge is -2.42. The fraction of sp³-hybridized carbons (Fsp3) is 0.875. The molecule has 152 valence electrons. The molecule has 10 heteroatoms. The van der Waals surface area contributed by atoms with Crippen molar-refractivity contribution < 1.29 is 39.1 Å². The van der Waals surface area contributed by atoms with Crippen molar-refractivity contribution in [2.45, 2.75) is 57.3 Å². The van der Waals surface area contributed by atoms with Crippen LogP contribution in [0, 0.1) is 0 Å². The molecule has 0 radical (unpaired) electrons. The van der Waals surface area contributed by atoms with Gasteiger partial charge in [-0.1, -0.05) is 6.92 Å². The first-order valence-corrected chi connectivity index (χ1v) is 8.76. The summed E-state index contributed by atoms with van der Waals surface area (Å²) in [5.41, 5.74) is 0. The molecule has 5 atom stereocenters. The zero-order chi connectivity index (χ0) is 19.5. The molecule has 1 fully saturated rings. The van der Waals surface area contributed by atoms with Crippen LogP contribution in [0.1, 0.15) is 26.7 Å². The molecule has 26 heavy (non-hydrogen) atoms. The number of aliphatic hydroxyl groups is 3. The highest BCUT2D eigenvalue weighted by molar-refractivity contribution is 5.75. The number of nitrogens with one attached hydrogen (secondary N) is 2. The molecule has 1 heterocycles. The van der Waals surface area contributed by atoms with Crippen molar-refractivity contribution in [3.63, 3.8) is 0 Å². The Morgan fingerprint density at radius 1 is 1.15 bits per heavy atom. The van der Waals surface area contributed by atoms with Crippen LogP contribution >= 0.6 is 0 Å². The minimum absolute atomic E-state index is 0.0244. The molecule has 0 spiro atoms. The summed E-state index contributed by atoms with van der Waals surface area (Å²) in [7, 11) is 0. The van der Waals surface area contributed by atoms with Crippen LogP contribution in [0.15, 0.2) is 0 Å². The van der Waals surface area contributed by atoms with Crippen LogP contribution in [-0.4, -0.2) is 90.7 Å². The molecule has 2 amide bonds. The molecule has 0 aromatic heterocycles. The van der Waals surface area contributed by atoms with E-state index in [4.69, 9.17) is 14.2 Å². The lowest BCUT2D eigenvalue weighted by Crippen LogP contribution is -2.64. The van der Waals surface area contributed by atoms with E-state index in [2.05, 4.69) is 10.6 Å². The van der Waals surface area contributed by atoms with Crippen molar-refractivity contribution in [2.24, 2.45) is 0 Å². The SMILES string of the molecule is CCCC(=O)NCCOCCOC1OC(CO)C(O)C(O)C1NC(C)=O. The Morgan fingerprint density at radius 3 is 2.50 bits per heavy atom. The molecule has 0 aliphatic carbocycles. The average Bonchev–Trinajstić information content (AvgIpc) is 2.59. The van der Waals surface area contributed by atoms with Gasteiger partial charge in [0, 0.05) is 19.9 Å². The summed E-state index contributed by atoms with van der Waals surface area (Å²) in [6.45, 7) is 3.71. The van der Waals surface area contributed by atoms with Gasteiger partial charge in [-0.2, -0.15) is 0 Å². The second kappa shape index (κ2) is 12.2. The van der Waals surface area contributed by atoms with Gasteiger partial charge >= 0.3 is 0 Å². The fourth-order valence-electron chi connectivity index (χ4n) is 2.52. The number of carbonyl (C=O) groups is 2. The predicted octanol–water partition coefficient (Wildman–Crippen LogP) is -2.12. The molecule has 1 aliphatic rings. The maximum atomic E-state index is 11.3. The zero-order valence-corrected chi connectivity index (χ0v) is 15.2. The van der Waals surface area contributed by atoms with Crippen molar-refractivity contribution in [1.29, 1.82) is 0 Å². The fourth-order valence-corrected chi connectivity index (χ4v) is 2.52. The van der Waals surface area contributed by atoms with Crippen LogP contribution in [0.25, 0.3) is 0 Å². The Morgan fingerprint density at radius 2 is 1.88 bits per heavy atom. The summed E-state index contributed by atoms with van der Waals surface area (Å²) in [5, 5.41) is 34.4. The Labute approximate surface area is 152 Å². The van der Waals surface area contributed by atoms with E-state index in [1.54, 1.807) is 0 Å². The molecule has 0 aromatic rings. The molecule has 10 nitrogen and oxygen atoms in total. The van der Waals surface area contributed by atoms with E-state index >= 15 is 0 Å². The monoisotopic (exact) mass is 378 g/mol. The molecule has 1 aliphatic heterocycles. The Kier molecular flexibility index (Phi) is 10.6. The number of carbonyl (C=O) groups excluding carboxylic acids is 2. The molecular weight excluding hydrogens is 348 g/mol. The highest BCUT2D eigenvalue weighted by Crippen LogP contribution is 2.22. The average molecular weight is 378 g/mol. The van der Waals surface area contributed by atoms with Crippen LogP contribution in [0.3, 0.4) is 0 Å². The molecule has 1 saturated heterocycles. The zero-order valence-electron chi connectivity index (χ0n) is 15.2. The number of rotatable bonds is 11. The van der Waals surface area contributed by atoms with Gasteiger partial charge in [-0.15, -0.1) is 0 Å². The summed E-state index contributed by atoms with van der Waals surface area (Å²) in [4.78, 5) is 22.6. The molecule has 0 saturated carbocycles. The van der Waals surface area contributed by atoms with Crippen molar-refractivity contribution in [2.75, 3.05) is 33.0 Å². The van der Waals surface area contributed by atoms with Crippen LogP contribution in [0.4, 0.5) is 0 Å². The van der Waals surface area contributed by atoms with E-state index in [0.29, 0.717) is 19.6 Å². The summed E-state index contributed by atoms with van der Waals surface area (Å²) < 4.78 is 16.2. The van der Waals surface area contributed by atoms with E-state index in [9.17, 15) is 24.9 Å². The van der Waals surface area contributed by atoms with Gasteiger partial charge in [0.25, 0.3) is 0 Å². The third-order valence-electron chi connectivity index (χ3n) is 3.81. The maximum Gasteiger partial charge on any atom is 0.220 e. The second-order valence-corrected chi connectivity index (χ2v) is 6.02. The standard InChI is InChI=1S/C16H30N2O8/c1-3-4-12(21)17-5-6-24-7-8-25-16-13(18-10(2)20)15(23)14(22)11(9-19)26-16/h11,13-16,19,22-23H,3-9H2,1-2H3,(H,17,21)(H,18,20). The highest BCUT2D eigenvalue weighted by Gasteiger charge is 2.45. The third kappa shape index (κ3) is 7.52. The lowest BCUT2D eigenvalue weighted by atomic mass is 9.97. The largest absolute Gasteiger partial charge is 0.394 e. The number of hydrogen-bond donors (Lipinski definition) is 5. The summed E-state index contributed by atoms with van der Waals surface area (Å²) in [5.74, 6) is -0.441. The topological polar surface area (TPSA) is 147 Å². The molecule has 5 unspecified atom stereocenters. The third-order valence-corrected chi connectivity index (χ3v) is 3.81. The van der Waals surface area contributed by atoms with Gasteiger partial charge in [-0.05, 0) is 6.42 Å². The highest BCUT2D eigenvalue weighted by atomic mass is 16.7. The van der Waals surface area contributed by atoms with Crippen molar-refractivity contribution >= 4 is 11.8 Å². The minimum Gasteiger partial charge on any atom is -0.394 e. The Bertz CT molecular complexity index is 436. The summed E-state index contributed by atoms with van der Waals surface area (Å²) in [6, 6.07) is -0.973. The van der Waals surface area contributed by atoms with E-state index < -0.39 is 43.2 Å². The number of ether oxygens (including phenoxy) is 3. The van der Waals surface area contributed by atoms with Gasteiger partial charge in [-0.3, -0.25) is 9.59 Å². The quantitative estimate of drug-likeness (QED) is 0.257. The van der Waals surface area contributed by atoms with Gasteiger partial charge < -0.3 is 40.2 Å². The Hall–Kier alpha value is -1.30. The normalized spacial score (nSPS) is 28.6. The van der Waals surface area contributed by atoms with Gasteiger partial charge in [-0.25, -0.2) is 0 Å². The predicted molar refractivity (Wildman–Crippen MR) is 90.1 cm³/mol. The minimum atomic E-state index is -1.35. The number of amides is 2. The summed E-state index contributed by atoms with van der Waals surface area (Å²) in [6.07, 6.45) is -3.49. The van der Waals surface area contributed by atoms with Crippen molar-refractivity contribution in [3.05, 3.63) is 0 Å². The number of aliphatic hydroxyl groups excluding tert-OH is 3. The van der Waals surface area contributed by atoms with Crippen LogP contribution in [0.2, 0.25) is 0 Å². The van der Waals surface area contributed by atoms with E-state index in [1.165, 1.54) is 6.92 Å². The first kappa shape index (κ1) is 22.7. The smallest absolute Gasteiger partial charge is 0.220 e. The molecule has 0 aromatic carbocycles. The molecular formula is C16H30N2O8. The van der Waals surface area contributed by atoms with Crippen LogP contribution < -0.4 is 10.6 Å². The van der Waals surface area contributed by atoms with E-state index in [-0.39, 0.29) is 19.1 Å². The van der Waals surface area contributed by atoms with E-state index in [0.717, 1.165) is 6.42 Å². The van der Waals surface area contributed by atoms with Crippen molar-refractivity contribution in [3.8, 4) is 0 Å². The van der Waals surface area contributed by atoms with Gasteiger partial charge in [0.15, 0.2) is 6.29 Å². The van der Waals surface area contributed by atoms with Gasteiger partial charge in [0.05, 0.1) is 26.4 Å². The van der Waals surface area contributed by atoms with E-state index in [1.807, 2.05) is 6.92 Å². The molecule has 5 N–H and O–H groups in total. The van der Waals surface area contributed by atoms with Crippen LogP contribution in [-0.2, 0) is 23.8 Å². The molecule has 0 bridgehead atoms. The van der Waals surface area contributed by atoms with Gasteiger partial charge in [0.2, 0.25) is 11.8 Å². The first-order valence-electron chi connectivity index (χ1n) is 8.76. The van der Waals surface area contributed by atoms with Crippen LogP contribution in [0.5, 0.6) is 0 Å². The van der Waals surface area contributed by atoms with Crippen molar-refractivity contribution in [1.82, 2.24) is 10.6 Å². The summed E-state index contributed by atoms with van der Waals surface area (Å²) >= 11 is 0. The Balaban J connectivity index is 2.35. The lowest BCUT2D eigenvalue weighted by molar-refractivity contribution is -0.272. The molecule has 1 rings (SSSR count). The first-order chi connectivity index (χ1) is 12.4. The van der Waals surface area contributed by atoms with Gasteiger partial charge in [0.1, 0.15) is 24.4 Å².